The second kappa shape index (κ2) is 6.34. The Labute approximate surface area is 61.9 Å². The van der Waals surface area contributed by atoms with Crippen molar-refractivity contribution < 1.29 is 18.3 Å². The van der Waals surface area contributed by atoms with Gasteiger partial charge in [-0.2, -0.15) is 0 Å². The molecule has 0 fully saturated rings. The largest absolute Gasteiger partial charge is 0.462 e. The molecular formula is C5H6O4S. The van der Waals surface area contributed by atoms with Crippen LogP contribution in [0.2, 0.25) is 0 Å². The minimum absolute atomic E-state index is 0.250. The number of carbonyl (C=O) groups excluding carboxylic acids is 1. The summed E-state index contributed by atoms with van der Waals surface area (Å²) in [7, 11) is 0. The molecule has 0 aliphatic rings. The summed E-state index contributed by atoms with van der Waals surface area (Å²) in [4.78, 5) is 9.77. The highest BCUT2D eigenvalue weighted by molar-refractivity contribution is 7.87. The monoisotopic (exact) mass is 162 g/mol. The summed E-state index contributed by atoms with van der Waals surface area (Å²) in [5.41, 5.74) is 0. The number of carbonyl (C=O) groups is 1. The zero-order chi connectivity index (χ0) is 7.82. The zero-order valence-corrected chi connectivity index (χ0v) is 5.75. The Balaban J connectivity index is 0.000000236. The van der Waals surface area contributed by atoms with E-state index in [-0.39, 0.29) is 12.3 Å². The van der Waals surface area contributed by atoms with E-state index in [2.05, 4.69) is 4.42 Å². The molecule has 0 bridgehead atoms. The summed E-state index contributed by atoms with van der Waals surface area (Å²) in [5.74, 6) is 0.375. The van der Waals surface area contributed by atoms with Crippen LogP contribution in [0.15, 0.2) is 22.8 Å². The van der Waals surface area contributed by atoms with Gasteiger partial charge in [-0.25, -0.2) is 0 Å². The zero-order valence-electron chi connectivity index (χ0n) is 4.93. The summed E-state index contributed by atoms with van der Waals surface area (Å²) < 4.78 is 18.7. The predicted molar refractivity (Wildman–Crippen MR) is 36.9 cm³/mol. The molecule has 0 aliphatic carbocycles. The highest BCUT2D eigenvalue weighted by Crippen LogP contribution is 1.92. The average Bonchev–Trinajstić information content (AvgIpc) is 2.39. The molecule has 1 heterocycles. The Morgan fingerprint density at radius 3 is 2.40 bits per heavy atom. The molecule has 5 heteroatoms. The van der Waals surface area contributed by atoms with Gasteiger partial charge >= 0.3 is 0 Å². The van der Waals surface area contributed by atoms with Crippen molar-refractivity contribution in [1.82, 2.24) is 0 Å². The molecule has 0 unspecified atom stereocenters. The minimum Gasteiger partial charge on any atom is -0.462 e. The fraction of sp³-hybridized carbons (Fsp3) is 0. The molecule has 56 valence electrons. The van der Waals surface area contributed by atoms with Crippen LogP contribution in [0.5, 0.6) is 0 Å². The van der Waals surface area contributed by atoms with Gasteiger partial charge in [0.25, 0.3) is 0 Å². The van der Waals surface area contributed by atoms with Crippen LogP contribution in [0.25, 0.3) is 0 Å². The number of hydrogen-bond acceptors (Lipinski definition) is 5. The lowest BCUT2D eigenvalue weighted by Crippen LogP contribution is -1.65. The van der Waals surface area contributed by atoms with E-state index in [1.54, 1.807) is 12.1 Å². The summed E-state index contributed by atoms with van der Waals surface area (Å²) >= 11 is -0.250. The van der Waals surface area contributed by atoms with Gasteiger partial charge in [-0.15, -0.1) is 0 Å². The molecule has 2 N–H and O–H groups in total. The predicted octanol–water partition coefficient (Wildman–Crippen LogP) is 1.76. The van der Waals surface area contributed by atoms with Crippen molar-refractivity contribution in [2.45, 2.75) is 0 Å². The molecule has 0 saturated carbocycles. The first-order valence-electron chi connectivity index (χ1n) is 2.28. The molecule has 10 heavy (non-hydrogen) atoms. The van der Waals surface area contributed by atoms with Crippen molar-refractivity contribution in [3.05, 3.63) is 24.2 Å². The highest BCUT2D eigenvalue weighted by Gasteiger charge is 1.84. The lowest BCUT2D eigenvalue weighted by atomic mass is 10.5. The van der Waals surface area contributed by atoms with E-state index in [0.717, 1.165) is 0 Å². The van der Waals surface area contributed by atoms with Crippen molar-refractivity contribution in [2.75, 3.05) is 0 Å². The molecule has 0 atom stereocenters. The molecule has 0 amide bonds. The fourth-order valence-corrected chi connectivity index (χ4v) is 0.358. The first-order valence-corrected chi connectivity index (χ1v) is 3.01. The van der Waals surface area contributed by atoms with Gasteiger partial charge in [0, 0.05) is 0 Å². The molecule has 4 nitrogen and oxygen atoms in total. The van der Waals surface area contributed by atoms with E-state index >= 15 is 0 Å². The van der Waals surface area contributed by atoms with E-state index in [9.17, 15) is 4.79 Å². The SMILES string of the molecule is O=Cc1ccco1.OSO. The first-order chi connectivity index (χ1) is 4.85. The maximum atomic E-state index is 9.77. The molecule has 1 aromatic heterocycles. The van der Waals surface area contributed by atoms with Gasteiger partial charge in [0.15, 0.2) is 24.4 Å². The summed E-state index contributed by atoms with van der Waals surface area (Å²) in [6, 6.07) is 3.27. The number of hydrogen-bond donors (Lipinski definition) is 2. The molecule has 0 aromatic carbocycles. The second-order valence-electron chi connectivity index (χ2n) is 1.21. The van der Waals surface area contributed by atoms with Crippen molar-refractivity contribution in [3.63, 3.8) is 0 Å². The van der Waals surface area contributed by atoms with E-state index in [4.69, 9.17) is 9.11 Å². The van der Waals surface area contributed by atoms with Crippen molar-refractivity contribution in [2.24, 2.45) is 0 Å². The summed E-state index contributed by atoms with van der Waals surface area (Å²) in [6.07, 6.45) is 2.13. The summed E-state index contributed by atoms with van der Waals surface area (Å²) in [5, 5.41) is 0. The molecule has 0 spiro atoms. The topological polar surface area (TPSA) is 70.7 Å². The number of rotatable bonds is 1. The van der Waals surface area contributed by atoms with Gasteiger partial charge in [-0.05, 0) is 12.1 Å². The van der Waals surface area contributed by atoms with Crippen molar-refractivity contribution >= 4 is 18.6 Å². The van der Waals surface area contributed by atoms with E-state index < -0.39 is 0 Å². The van der Waals surface area contributed by atoms with E-state index in [0.29, 0.717) is 12.0 Å². The van der Waals surface area contributed by atoms with Gasteiger partial charge < -0.3 is 13.5 Å². The molecule has 0 radical (unpaired) electrons. The Morgan fingerprint density at radius 2 is 2.20 bits per heavy atom. The van der Waals surface area contributed by atoms with Crippen LogP contribution in [0, 0.1) is 0 Å². The smallest absolute Gasteiger partial charge is 0.185 e. The Bertz CT molecular complexity index is 160. The molecule has 0 saturated heterocycles. The fourth-order valence-electron chi connectivity index (χ4n) is 0.358. The average molecular weight is 162 g/mol. The van der Waals surface area contributed by atoms with E-state index in [1.807, 2.05) is 0 Å². The quantitative estimate of drug-likeness (QED) is 0.486. The van der Waals surface area contributed by atoms with Crippen molar-refractivity contribution in [3.8, 4) is 0 Å². The lowest BCUT2D eigenvalue weighted by molar-refractivity contribution is 0.110. The van der Waals surface area contributed by atoms with Crippen LogP contribution < -0.4 is 0 Å². The second-order valence-corrected chi connectivity index (χ2v) is 1.38. The van der Waals surface area contributed by atoms with E-state index in [1.165, 1.54) is 6.26 Å². The van der Waals surface area contributed by atoms with Crippen LogP contribution in [-0.4, -0.2) is 15.4 Å². The van der Waals surface area contributed by atoms with Crippen LogP contribution in [-0.2, 0) is 0 Å². The van der Waals surface area contributed by atoms with Crippen LogP contribution >= 0.6 is 12.3 Å². The molecule has 0 aliphatic heterocycles. The standard InChI is InChI=1S/C5H4O2.H2O2S/c6-4-5-2-1-3-7-5;1-3-2/h1-4H;1-2H. The first kappa shape index (κ1) is 9.22. The minimum atomic E-state index is -0.250. The van der Waals surface area contributed by atoms with Crippen molar-refractivity contribution in [1.29, 1.82) is 0 Å². The third-order valence-electron chi connectivity index (χ3n) is 0.659. The Hall–Kier alpha value is -0.780. The third kappa shape index (κ3) is 4.13. The van der Waals surface area contributed by atoms with Crippen LogP contribution in [0.4, 0.5) is 0 Å². The maximum Gasteiger partial charge on any atom is 0.185 e. The van der Waals surface area contributed by atoms with Crippen LogP contribution in [0.1, 0.15) is 10.6 Å². The summed E-state index contributed by atoms with van der Waals surface area (Å²) in [6.45, 7) is 0. The van der Waals surface area contributed by atoms with Gasteiger partial charge in [-0.3, -0.25) is 4.79 Å². The molecule has 1 rings (SSSR count). The number of furan rings is 1. The van der Waals surface area contributed by atoms with Gasteiger partial charge in [0.2, 0.25) is 0 Å². The highest BCUT2D eigenvalue weighted by atomic mass is 32.2. The lowest BCUT2D eigenvalue weighted by Gasteiger charge is -1.68. The molecular weight excluding hydrogens is 156 g/mol. The van der Waals surface area contributed by atoms with Gasteiger partial charge in [0.1, 0.15) is 0 Å². The normalized spacial score (nSPS) is 7.80. The van der Waals surface area contributed by atoms with Crippen LogP contribution in [0.3, 0.4) is 0 Å². The third-order valence-corrected chi connectivity index (χ3v) is 0.659. The molecule has 1 aromatic rings. The number of aldehydes is 1. The Morgan fingerprint density at radius 1 is 1.60 bits per heavy atom. The maximum absolute atomic E-state index is 9.77. The van der Waals surface area contributed by atoms with Gasteiger partial charge in [0.05, 0.1) is 6.26 Å². The Kier molecular flexibility index (Phi) is 5.85. The van der Waals surface area contributed by atoms with Gasteiger partial charge in [-0.1, -0.05) is 0 Å².